The lowest BCUT2D eigenvalue weighted by Crippen LogP contribution is -2.32. The van der Waals surface area contributed by atoms with E-state index in [0.29, 0.717) is 16.5 Å². The van der Waals surface area contributed by atoms with Gasteiger partial charge in [-0.3, -0.25) is 0 Å². The number of carbonyl (C=O) groups is 1. The lowest BCUT2D eigenvalue weighted by atomic mass is 10.2. The third-order valence-corrected chi connectivity index (χ3v) is 5.85. The molecule has 0 saturated carbocycles. The van der Waals surface area contributed by atoms with Gasteiger partial charge in [0.25, 0.3) is 0 Å². The minimum Gasteiger partial charge on any atom is -0.477 e. The molecule has 1 aromatic heterocycles. The van der Waals surface area contributed by atoms with E-state index >= 15 is 0 Å². The molecule has 21 heavy (non-hydrogen) atoms. The van der Waals surface area contributed by atoms with Crippen LogP contribution in [0.25, 0.3) is 10.1 Å². The van der Waals surface area contributed by atoms with Crippen LogP contribution in [-0.2, 0) is 10.0 Å². The molecule has 2 aromatic rings. The number of fused-ring (bicyclic) bond motifs is 1. The zero-order chi connectivity index (χ0) is 15.6. The molecule has 0 bridgehead atoms. The average molecular weight is 325 g/mol. The SMILES string of the molecule is C=CCC(C)NS(=O)(=O)c1c(C(=O)O)sc2ccccc12. The van der Waals surface area contributed by atoms with Gasteiger partial charge in [0, 0.05) is 16.1 Å². The van der Waals surface area contributed by atoms with Gasteiger partial charge in [0.2, 0.25) is 10.0 Å². The number of thiophene rings is 1. The zero-order valence-electron chi connectivity index (χ0n) is 11.4. The molecule has 0 spiro atoms. The number of rotatable bonds is 6. The molecule has 0 aliphatic carbocycles. The maximum atomic E-state index is 12.5. The van der Waals surface area contributed by atoms with Gasteiger partial charge in [0.1, 0.15) is 9.77 Å². The van der Waals surface area contributed by atoms with Gasteiger partial charge in [-0.1, -0.05) is 24.3 Å². The summed E-state index contributed by atoms with van der Waals surface area (Å²) in [6.45, 7) is 5.26. The van der Waals surface area contributed by atoms with Crippen molar-refractivity contribution in [1.82, 2.24) is 4.72 Å². The lowest BCUT2D eigenvalue weighted by Gasteiger charge is -2.12. The maximum absolute atomic E-state index is 12.5. The molecule has 1 atom stereocenters. The third kappa shape index (κ3) is 3.15. The molecule has 0 fully saturated rings. The van der Waals surface area contributed by atoms with E-state index in [1.165, 1.54) is 0 Å². The highest BCUT2D eigenvalue weighted by Crippen LogP contribution is 2.34. The summed E-state index contributed by atoms with van der Waals surface area (Å²) in [5.41, 5.74) is 0. The fourth-order valence-corrected chi connectivity index (χ4v) is 5.05. The normalized spacial score (nSPS) is 13.2. The summed E-state index contributed by atoms with van der Waals surface area (Å²) in [5, 5.41) is 9.70. The number of sulfonamides is 1. The predicted molar refractivity (Wildman–Crippen MR) is 83.4 cm³/mol. The number of hydrogen-bond donors (Lipinski definition) is 2. The Bertz CT molecular complexity index is 792. The molecular formula is C14H15NO4S2. The third-order valence-electron chi connectivity index (χ3n) is 2.89. The van der Waals surface area contributed by atoms with E-state index < -0.39 is 16.0 Å². The first-order chi connectivity index (χ1) is 9.86. The number of carboxylic acids is 1. The summed E-state index contributed by atoms with van der Waals surface area (Å²) >= 11 is 0.960. The summed E-state index contributed by atoms with van der Waals surface area (Å²) in [4.78, 5) is 11.0. The van der Waals surface area contributed by atoms with Crippen LogP contribution in [0.2, 0.25) is 0 Å². The smallest absolute Gasteiger partial charge is 0.347 e. The van der Waals surface area contributed by atoms with Crippen LogP contribution in [0.5, 0.6) is 0 Å². The van der Waals surface area contributed by atoms with Gasteiger partial charge in [-0.2, -0.15) is 0 Å². The fraction of sp³-hybridized carbons (Fsp3) is 0.214. The molecule has 7 heteroatoms. The Balaban J connectivity index is 2.61. The van der Waals surface area contributed by atoms with E-state index in [9.17, 15) is 18.3 Å². The monoisotopic (exact) mass is 325 g/mol. The highest BCUT2D eigenvalue weighted by Gasteiger charge is 2.28. The van der Waals surface area contributed by atoms with Gasteiger partial charge < -0.3 is 5.11 Å². The molecule has 0 aliphatic heterocycles. The molecule has 1 heterocycles. The van der Waals surface area contributed by atoms with Gasteiger partial charge in [-0.25, -0.2) is 17.9 Å². The minimum atomic E-state index is -3.91. The van der Waals surface area contributed by atoms with E-state index in [-0.39, 0.29) is 15.8 Å². The van der Waals surface area contributed by atoms with Crippen molar-refractivity contribution in [3.63, 3.8) is 0 Å². The average Bonchev–Trinajstić information content (AvgIpc) is 2.78. The van der Waals surface area contributed by atoms with Gasteiger partial charge in [0.15, 0.2) is 0 Å². The van der Waals surface area contributed by atoms with Crippen LogP contribution in [0.1, 0.15) is 23.0 Å². The van der Waals surface area contributed by atoms with Crippen molar-refractivity contribution in [2.24, 2.45) is 0 Å². The van der Waals surface area contributed by atoms with Crippen molar-refractivity contribution in [3.05, 3.63) is 41.8 Å². The maximum Gasteiger partial charge on any atom is 0.347 e. The predicted octanol–water partition coefficient (Wildman–Crippen LogP) is 2.84. The zero-order valence-corrected chi connectivity index (χ0v) is 13.0. The van der Waals surface area contributed by atoms with Crippen molar-refractivity contribution in [1.29, 1.82) is 0 Å². The van der Waals surface area contributed by atoms with Crippen LogP contribution >= 0.6 is 11.3 Å². The lowest BCUT2D eigenvalue weighted by molar-refractivity contribution is 0.0698. The Morgan fingerprint density at radius 3 is 2.76 bits per heavy atom. The molecule has 2 rings (SSSR count). The molecule has 5 nitrogen and oxygen atoms in total. The number of benzene rings is 1. The Labute approximate surface area is 127 Å². The largest absolute Gasteiger partial charge is 0.477 e. The Morgan fingerprint density at radius 2 is 2.14 bits per heavy atom. The van der Waals surface area contributed by atoms with Gasteiger partial charge in [0.05, 0.1) is 0 Å². The summed E-state index contributed by atoms with van der Waals surface area (Å²) in [5.74, 6) is -1.24. The van der Waals surface area contributed by atoms with Crippen LogP contribution in [0.4, 0.5) is 0 Å². The molecule has 1 aromatic carbocycles. The van der Waals surface area contributed by atoms with E-state index in [1.54, 1.807) is 37.3 Å². The molecule has 0 amide bonds. The topological polar surface area (TPSA) is 83.5 Å². The molecule has 2 N–H and O–H groups in total. The highest BCUT2D eigenvalue weighted by molar-refractivity contribution is 7.90. The number of hydrogen-bond acceptors (Lipinski definition) is 4. The second-order valence-corrected chi connectivity index (χ2v) is 7.31. The molecule has 0 aliphatic rings. The first-order valence-electron chi connectivity index (χ1n) is 6.25. The molecule has 112 valence electrons. The van der Waals surface area contributed by atoms with Gasteiger partial charge in [-0.15, -0.1) is 17.9 Å². The number of nitrogens with one attached hydrogen (secondary N) is 1. The molecular weight excluding hydrogens is 310 g/mol. The van der Waals surface area contributed by atoms with E-state index in [1.807, 2.05) is 0 Å². The molecule has 1 unspecified atom stereocenters. The van der Waals surface area contributed by atoms with E-state index in [2.05, 4.69) is 11.3 Å². The van der Waals surface area contributed by atoms with Crippen molar-refractivity contribution in [2.45, 2.75) is 24.3 Å². The van der Waals surface area contributed by atoms with Gasteiger partial charge in [-0.05, 0) is 19.4 Å². The van der Waals surface area contributed by atoms with Crippen molar-refractivity contribution in [3.8, 4) is 0 Å². The molecule has 0 radical (unpaired) electrons. The van der Waals surface area contributed by atoms with Crippen LogP contribution in [0, 0.1) is 0 Å². The van der Waals surface area contributed by atoms with Crippen LogP contribution < -0.4 is 4.72 Å². The Hall–Kier alpha value is -1.70. The molecule has 0 saturated heterocycles. The summed E-state index contributed by atoms with van der Waals surface area (Å²) < 4.78 is 28.2. The van der Waals surface area contributed by atoms with Gasteiger partial charge >= 0.3 is 5.97 Å². The fourth-order valence-electron chi connectivity index (χ4n) is 2.05. The Morgan fingerprint density at radius 1 is 1.48 bits per heavy atom. The van der Waals surface area contributed by atoms with Crippen molar-refractivity contribution >= 4 is 37.4 Å². The Kier molecular flexibility index (Phi) is 4.46. The first kappa shape index (κ1) is 15.7. The van der Waals surface area contributed by atoms with E-state index in [0.717, 1.165) is 11.3 Å². The van der Waals surface area contributed by atoms with Crippen LogP contribution in [0.15, 0.2) is 41.8 Å². The quantitative estimate of drug-likeness (QED) is 0.800. The van der Waals surface area contributed by atoms with Crippen molar-refractivity contribution in [2.75, 3.05) is 0 Å². The minimum absolute atomic E-state index is 0.161. The summed E-state index contributed by atoms with van der Waals surface area (Å²) in [7, 11) is -3.91. The van der Waals surface area contributed by atoms with Crippen LogP contribution in [0.3, 0.4) is 0 Å². The van der Waals surface area contributed by atoms with Crippen LogP contribution in [-0.4, -0.2) is 25.5 Å². The number of carboxylic acid groups (broad SMARTS) is 1. The summed E-state index contributed by atoms with van der Waals surface area (Å²) in [6.07, 6.45) is 2.07. The van der Waals surface area contributed by atoms with Crippen molar-refractivity contribution < 1.29 is 18.3 Å². The van der Waals surface area contributed by atoms with E-state index in [4.69, 9.17) is 0 Å². The highest BCUT2D eigenvalue weighted by atomic mass is 32.2. The number of aromatic carboxylic acids is 1. The second-order valence-electron chi connectivity index (χ2n) is 4.61. The summed E-state index contributed by atoms with van der Waals surface area (Å²) in [6, 6.07) is 6.40. The standard InChI is InChI=1S/C14H15NO4S2/c1-3-6-9(2)15-21(18,19)13-10-7-4-5-8-11(10)20-12(13)14(16)17/h3-5,7-9,15H,1,6H2,2H3,(H,16,17). The first-order valence-corrected chi connectivity index (χ1v) is 8.55. The second kappa shape index (κ2) is 5.97.